The molecule has 0 aliphatic carbocycles. The lowest BCUT2D eigenvalue weighted by atomic mass is 10.3. The maximum absolute atomic E-state index is 11.4. The normalized spacial score (nSPS) is 10.3. The molecule has 0 atom stereocenters. The van der Waals surface area contributed by atoms with E-state index in [-0.39, 0.29) is 12.5 Å². The highest BCUT2D eigenvalue weighted by Crippen LogP contribution is 1.94. The highest BCUT2D eigenvalue weighted by atomic mass is 16.5. The van der Waals surface area contributed by atoms with Crippen LogP contribution in [-0.2, 0) is 9.53 Å². The molecule has 0 radical (unpaired) electrons. The maximum atomic E-state index is 11.4. The molecule has 0 fully saturated rings. The smallest absolute Gasteiger partial charge is 0.224 e. The number of aliphatic hydroxyl groups excluding tert-OH is 1. The van der Waals surface area contributed by atoms with E-state index in [1.807, 2.05) is 0 Å². The van der Waals surface area contributed by atoms with Crippen LogP contribution in [0.25, 0.3) is 0 Å². The van der Waals surface area contributed by atoms with Crippen molar-refractivity contribution >= 4 is 5.91 Å². The molecule has 3 N–H and O–H groups in total. The first-order valence-corrected chi connectivity index (χ1v) is 5.35. The molecule has 90 valence electrons. The van der Waals surface area contributed by atoms with Gasteiger partial charge in [-0.1, -0.05) is 0 Å². The summed E-state index contributed by atoms with van der Waals surface area (Å²) in [6, 6.07) is 0. The van der Waals surface area contributed by atoms with Gasteiger partial charge in [-0.2, -0.15) is 0 Å². The van der Waals surface area contributed by atoms with Crippen molar-refractivity contribution in [3.05, 3.63) is 0 Å². The average Bonchev–Trinajstić information content (AvgIpc) is 2.25. The largest absolute Gasteiger partial charge is 0.396 e. The first-order chi connectivity index (χ1) is 7.22. The number of hydrogen-bond donors (Lipinski definition) is 2. The number of nitrogens with two attached hydrogens (primary N) is 1. The van der Waals surface area contributed by atoms with Crippen LogP contribution in [0.1, 0.15) is 19.3 Å². The summed E-state index contributed by atoms with van der Waals surface area (Å²) in [4.78, 5) is 13.1. The molecular formula is C10H22N2O3. The van der Waals surface area contributed by atoms with Crippen molar-refractivity contribution in [3.63, 3.8) is 0 Å². The third-order valence-electron chi connectivity index (χ3n) is 2.03. The van der Waals surface area contributed by atoms with Gasteiger partial charge in [0, 0.05) is 26.8 Å². The Labute approximate surface area is 91.2 Å². The van der Waals surface area contributed by atoms with E-state index in [1.165, 1.54) is 0 Å². The molecule has 0 unspecified atom stereocenters. The number of nitrogens with zero attached hydrogens (tertiary/aromatic N) is 1. The molecule has 0 aliphatic heterocycles. The third-order valence-corrected chi connectivity index (χ3v) is 2.03. The van der Waals surface area contributed by atoms with Crippen LogP contribution in [0.2, 0.25) is 0 Å². The van der Waals surface area contributed by atoms with E-state index in [0.717, 1.165) is 6.42 Å². The van der Waals surface area contributed by atoms with E-state index in [1.54, 1.807) is 11.9 Å². The predicted molar refractivity (Wildman–Crippen MR) is 58.4 cm³/mol. The van der Waals surface area contributed by atoms with Crippen LogP contribution < -0.4 is 5.73 Å². The van der Waals surface area contributed by atoms with Gasteiger partial charge in [0.2, 0.25) is 5.91 Å². The fraction of sp³-hybridized carbons (Fsp3) is 0.900. The zero-order chi connectivity index (χ0) is 11.5. The van der Waals surface area contributed by atoms with Gasteiger partial charge in [-0.3, -0.25) is 4.79 Å². The van der Waals surface area contributed by atoms with E-state index in [2.05, 4.69) is 0 Å². The van der Waals surface area contributed by atoms with Gasteiger partial charge in [0.05, 0.1) is 13.0 Å². The van der Waals surface area contributed by atoms with Crippen molar-refractivity contribution in [2.45, 2.75) is 19.3 Å². The highest BCUT2D eigenvalue weighted by Gasteiger charge is 2.07. The number of carbonyl (C=O) groups is 1. The van der Waals surface area contributed by atoms with Crippen LogP contribution >= 0.6 is 0 Å². The second kappa shape index (κ2) is 9.89. The molecule has 5 heteroatoms. The second-order valence-electron chi connectivity index (χ2n) is 3.40. The van der Waals surface area contributed by atoms with Gasteiger partial charge < -0.3 is 20.5 Å². The van der Waals surface area contributed by atoms with Crippen LogP contribution in [0.15, 0.2) is 0 Å². The van der Waals surface area contributed by atoms with Crippen molar-refractivity contribution in [1.29, 1.82) is 0 Å². The first kappa shape index (κ1) is 14.3. The molecule has 0 spiro atoms. The molecule has 0 saturated carbocycles. The standard InChI is InChI=1S/C10H22N2O3/c1-12(6-2-5-11)10(14)4-9-15-8-3-7-13/h13H,2-9,11H2,1H3. The zero-order valence-electron chi connectivity index (χ0n) is 9.45. The molecular weight excluding hydrogens is 196 g/mol. The number of ether oxygens (including phenoxy) is 1. The minimum absolute atomic E-state index is 0.0763. The quantitative estimate of drug-likeness (QED) is 0.515. The Kier molecular flexibility index (Phi) is 9.46. The number of aliphatic hydroxyl groups is 1. The molecule has 15 heavy (non-hydrogen) atoms. The molecule has 0 aliphatic rings. The molecule has 0 bridgehead atoms. The Morgan fingerprint density at radius 2 is 2.13 bits per heavy atom. The minimum Gasteiger partial charge on any atom is -0.396 e. The number of carbonyl (C=O) groups excluding carboxylic acids is 1. The summed E-state index contributed by atoms with van der Waals surface area (Å²) < 4.78 is 5.17. The van der Waals surface area contributed by atoms with Gasteiger partial charge in [0.25, 0.3) is 0 Å². The van der Waals surface area contributed by atoms with E-state index >= 15 is 0 Å². The van der Waals surface area contributed by atoms with Crippen molar-refractivity contribution in [1.82, 2.24) is 4.90 Å². The van der Waals surface area contributed by atoms with E-state index in [4.69, 9.17) is 15.6 Å². The SMILES string of the molecule is CN(CCCN)C(=O)CCOCCCO. The molecule has 0 saturated heterocycles. The third kappa shape index (κ3) is 8.35. The van der Waals surface area contributed by atoms with Gasteiger partial charge in [0.1, 0.15) is 0 Å². The summed E-state index contributed by atoms with van der Waals surface area (Å²) in [6.45, 7) is 2.36. The Balaban J connectivity index is 3.38. The summed E-state index contributed by atoms with van der Waals surface area (Å²) in [5, 5.41) is 8.49. The van der Waals surface area contributed by atoms with Crippen LogP contribution in [0.5, 0.6) is 0 Å². The summed E-state index contributed by atoms with van der Waals surface area (Å²) >= 11 is 0. The molecule has 0 heterocycles. The Hall–Kier alpha value is -0.650. The lowest BCUT2D eigenvalue weighted by molar-refractivity contribution is -0.131. The fourth-order valence-electron chi connectivity index (χ4n) is 1.07. The number of hydrogen-bond acceptors (Lipinski definition) is 4. The summed E-state index contributed by atoms with van der Waals surface area (Å²) in [7, 11) is 1.77. The van der Waals surface area contributed by atoms with E-state index in [9.17, 15) is 4.79 Å². The van der Waals surface area contributed by atoms with Gasteiger partial charge in [-0.15, -0.1) is 0 Å². The molecule has 0 aromatic carbocycles. The van der Waals surface area contributed by atoms with Gasteiger partial charge >= 0.3 is 0 Å². The van der Waals surface area contributed by atoms with Crippen molar-refractivity contribution in [2.75, 3.05) is 40.0 Å². The predicted octanol–water partition coefficient (Wildman–Crippen LogP) is -0.417. The monoisotopic (exact) mass is 218 g/mol. The van der Waals surface area contributed by atoms with E-state index < -0.39 is 0 Å². The van der Waals surface area contributed by atoms with E-state index in [0.29, 0.717) is 39.1 Å². The van der Waals surface area contributed by atoms with Gasteiger partial charge in [0.15, 0.2) is 0 Å². The first-order valence-electron chi connectivity index (χ1n) is 5.35. The number of rotatable bonds is 9. The molecule has 1 amide bonds. The van der Waals surface area contributed by atoms with Gasteiger partial charge in [-0.05, 0) is 19.4 Å². The van der Waals surface area contributed by atoms with Crippen LogP contribution in [0, 0.1) is 0 Å². The van der Waals surface area contributed by atoms with Crippen molar-refractivity contribution in [3.8, 4) is 0 Å². The Morgan fingerprint density at radius 3 is 2.73 bits per heavy atom. The van der Waals surface area contributed by atoms with Crippen LogP contribution in [-0.4, -0.2) is 55.9 Å². The van der Waals surface area contributed by atoms with Crippen LogP contribution in [0.4, 0.5) is 0 Å². The van der Waals surface area contributed by atoms with Crippen LogP contribution in [0.3, 0.4) is 0 Å². The van der Waals surface area contributed by atoms with Gasteiger partial charge in [-0.25, -0.2) is 0 Å². The number of amides is 1. The average molecular weight is 218 g/mol. The Morgan fingerprint density at radius 1 is 1.40 bits per heavy atom. The molecule has 0 rings (SSSR count). The van der Waals surface area contributed by atoms with Crippen molar-refractivity contribution in [2.24, 2.45) is 5.73 Å². The summed E-state index contributed by atoms with van der Waals surface area (Å²) in [5.74, 6) is 0.0763. The maximum Gasteiger partial charge on any atom is 0.224 e. The zero-order valence-corrected chi connectivity index (χ0v) is 9.45. The lowest BCUT2D eigenvalue weighted by Crippen LogP contribution is -2.29. The Bertz CT molecular complexity index is 165. The molecule has 0 aromatic heterocycles. The van der Waals surface area contributed by atoms with Crippen molar-refractivity contribution < 1.29 is 14.6 Å². The minimum atomic E-state index is 0.0763. The summed E-state index contributed by atoms with van der Waals surface area (Å²) in [6.07, 6.45) is 1.84. The highest BCUT2D eigenvalue weighted by molar-refractivity contribution is 5.75. The summed E-state index contributed by atoms with van der Waals surface area (Å²) in [5.41, 5.74) is 5.35. The topological polar surface area (TPSA) is 75.8 Å². The molecule has 0 aromatic rings. The fourth-order valence-corrected chi connectivity index (χ4v) is 1.07. The lowest BCUT2D eigenvalue weighted by Gasteiger charge is -2.16. The molecule has 5 nitrogen and oxygen atoms in total. The second-order valence-corrected chi connectivity index (χ2v) is 3.40.